The second-order valence-corrected chi connectivity index (χ2v) is 4.74. The summed E-state index contributed by atoms with van der Waals surface area (Å²) >= 11 is 0. The Morgan fingerprint density at radius 3 is 2.35 bits per heavy atom. The number of amides is 2. The molecule has 0 fully saturated rings. The van der Waals surface area contributed by atoms with Crippen molar-refractivity contribution >= 4 is 17.5 Å². The Morgan fingerprint density at radius 1 is 0.957 bits per heavy atom. The van der Waals surface area contributed by atoms with E-state index in [1.54, 1.807) is 12.1 Å². The molecule has 0 aliphatic rings. The molecule has 2 amide bonds. The number of carbonyl (C=O) groups is 2. The van der Waals surface area contributed by atoms with Gasteiger partial charge in [0.25, 0.3) is 0 Å². The van der Waals surface area contributed by atoms with Gasteiger partial charge in [0.2, 0.25) is 11.8 Å². The van der Waals surface area contributed by atoms with E-state index in [1.807, 2.05) is 18.2 Å². The third-order valence-corrected chi connectivity index (χ3v) is 2.92. The van der Waals surface area contributed by atoms with Crippen molar-refractivity contribution in [1.82, 2.24) is 5.32 Å². The fourth-order valence-corrected chi connectivity index (χ4v) is 1.78. The van der Waals surface area contributed by atoms with Gasteiger partial charge in [0.05, 0.1) is 19.6 Å². The first-order valence-corrected chi connectivity index (χ1v) is 7.13. The van der Waals surface area contributed by atoms with Crippen LogP contribution in [0.25, 0.3) is 0 Å². The number of hydrogen-bond acceptors (Lipinski definition) is 3. The van der Waals surface area contributed by atoms with E-state index < -0.39 is 0 Å². The van der Waals surface area contributed by atoms with Crippen LogP contribution in [0, 0.1) is 5.82 Å². The molecule has 0 heterocycles. The second-order valence-electron chi connectivity index (χ2n) is 4.74. The fraction of sp³-hybridized carbons (Fsp3) is 0.176. The van der Waals surface area contributed by atoms with Gasteiger partial charge in [-0.05, 0) is 36.4 Å². The Morgan fingerprint density at radius 2 is 1.65 bits per heavy atom. The summed E-state index contributed by atoms with van der Waals surface area (Å²) in [4.78, 5) is 23.3. The molecule has 0 unspecified atom stereocenters. The maximum absolute atomic E-state index is 12.7. The van der Waals surface area contributed by atoms with Crippen LogP contribution in [0.1, 0.15) is 6.42 Å². The molecule has 2 aromatic rings. The van der Waals surface area contributed by atoms with Crippen molar-refractivity contribution in [2.45, 2.75) is 6.42 Å². The zero-order chi connectivity index (χ0) is 16.5. The molecule has 0 aromatic heterocycles. The fourth-order valence-electron chi connectivity index (χ4n) is 1.78. The van der Waals surface area contributed by atoms with Gasteiger partial charge in [-0.25, -0.2) is 4.39 Å². The number of halogens is 1. The van der Waals surface area contributed by atoms with Crippen LogP contribution < -0.4 is 15.4 Å². The summed E-state index contributed by atoms with van der Waals surface area (Å²) in [6.07, 6.45) is 0.152. The van der Waals surface area contributed by atoms with Crippen molar-refractivity contribution in [2.24, 2.45) is 0 Å². The van der Waals surface area contributed by atoms with Crippen molar-refractivity contribution in [1.29, 1.82) is 0 Å². The summed E-state index contributed by atoms with van der Waals surface area (Å²) in [5.74, 6) is -0.354. The van der Waals surface area contributed by atoms with Gasteiger partial charge in [-0.15, -0.1) is 0 Å². The highest BCUT2D eigenvalue weighted by atomic mass is 19.1. The summed E-state index contributed by atoms with van der Waals surface area (Å²) in [6.45, 7) is 0.0803. The molecule has 0 aliphatic carbocycles. The Kier molecular flexibility index (Phi) is 6.11. The number of para-hydroxylation sites is 1. The Hall–Kier alpha value is -2.89. The number of ether oxygens (including phenoxy) is 1. The highest BCUT2D eigenvalue weighted by molar-refractivity contribution is 5.94. The minimum atomic E-state index is -0.381. The predicted octanol–water partition coefficient (Wildman–Crippen LogP) is 2.35. The van der Waals surface area contributed by atoms with Gasteiger partial charge in [0, 0.05) is 5.69 Å². The van der Waals surface area contributed by atoms with Gasteiger partial charge in [0.1, 0.15) is 11.6 Å². The Balaban J connectivity index is 1.63. The Labute approximate surface area is 133 Å². The smallest absolute Gasteiger partial charge is 0.243 e. The molecule has 0 aliphatic heterocycles. The van der Waals surface area contributed by atoms with Crippen LogP contribution in [-0.4, -0.2) is 25.0 Å². The van der Waals surface area contributed by atoms with E-state index in [2.05, 4.69) is 10.6 Å². The molecule has 23 heavy (non-hydrogen) atoms. The quantitative estimate of drug-likeness (QED) is 0.824. The first-order valence-electron chi connectivity index (χ1n) is 7.13. The van der Waals surface area contributed by atoms with Crippen LogP contribution in [0.5, 0.6) is 5.75 Å². The van der Waals surface area contributed by atoms with Crippen LogP contribution in [0.4, 0.5) is 10.1 Å². The largest absolute Gasteiger partial charge is 0.493 e. The topological polar surface area (TPSA) is 67.4 Å². The van der Waals surface area contributed by atoms with E-state index in [9.17, 15) is 14.0 Å². The third-order valence-electron chi connectivity index (χ3n) is 2.92. The van der Waals surface area contributed by atoms with Gasteiger partial charge in [-0.3, -0.25) is 9.59 Å². The monoisotopic (exact) mass is 316 g/mol. The van der Waals surface area contributed by atoms with E-state index >= 15 is 0 Å². The predicted molar refractivity (Wildman–Crippen MR) is 84.6 cm³/mol. The van der Waals surface area contributed by atoms with Crippen molar-refractivity contribution in [2.75, 3.05) is 18.5 Å². The molecule has 0 saturated carbocycles. The molecule has 0 radical (unpaired) electrons. The van der Waals surface area contributed by atoms with E-state index in [0.717, 1.165) is 0 Å². The van der Waals surface area contributed by atoms with Crippen LogP contribution in [0.3, 0.4) is 0 Å². The summed E-state index contributed by atoms with van der Waals surface area (Å²) in [5, 5.41) is 5.05. The van der Waals surface area contributed by atoms with Crippen LogP contribution in [0.15, 0.2) is 54.6 Å². The van der Waals surface area contributed by atoms with Crippen molar-refractivity contribution < 1.29 is 18.7 Å². The standard InChI is InChI=1S/C17H17FN2O3/c18-13-6-8-14(9-7-13)20-17(22)12-19-16(21)10-11-23-15-4-2-1-3-5-15/h1-9H,10-12H2,(H,19,21)(H,20,22). The van der Waals surface area contributed by atoms with Gasteiger partial charge < -0.3 is 15.4 Å². The van der Waals surface area contributed by atoms with Crippen LogP contribution in [0.2, 0.25) is 0 Å². The summed E-state index contributed by atoms with van der Waals surface area (Å²) < 4.78 is 18.1. The number of hydrogen-bond donors (Lipinski definition) is 2. The second kappa shape index (κ2) is 8.53. The molecule has 0 bridgehead atoms. The zero-order valence-electron chi connectivity index (χ0n) is 12.4. The number of anilines is 1. The van der Waals surface area contributed by atoms with Crippen molar-refractivity contribution in [3.05, 3.63) is 60.4 Å². The Bertz CT molecular complexity index is 645. The lowest BCUT2D eigenvalue weighted by Gasteiger charge is -2.08. The lowest BCUT2D eigenvalue weighted by Crippen LogP contribution is -2.33. The highest BCUT2D eigenvalue weighted by Gasteiger charge is 2.06. The number of rotatable bonds is 7. The molecule has 0 atom stereocenters. The molecule has 5 nitrogen and oxygen atoms in total. The maximum Gasteiger partial charge on any atom is 0.243 e. The molecule has 2 N–H and O–H groups in total. The average Bonchev–Trinajstić information content (AvgIpc) is 2.56. The highest BCUT2D eigenvalue weighted by Crippen LogP contribution is 2.08. The first kappa shape index (κ1) is 16.5. The van der Waals surface area contributed by atoms with E-state index in [-0.39, 0.29) is 37.2 Å². The maximum atomic E-state index is 12.7. The number of carbonyl (C=O) groups excluding carboxylic acids is 2. The summed E-state index contributed by atoms with van der Waals surface area (Å²) in [6, 6.07) is 14.5. The summed E-state index contributed by atoms with van der Waals surface area (Å²) in [5.41, 5.74) is 0.470. The van der Waals surface area contributed by atoms with Crippen LogP contribution >= 0.6 is 0 Å². The van der Waals surface area contributed by atoms with Gasteiger partial charge in [-0.2, -0.15) is 0 Å². The average molecular weight is 316 g/mol. The molecule has 2 rings (SSSR count). The lowest BCUT2D eigenvalue weighted by molar-refractivity contribution is -0.124. The van der Waals surface area contributed by atoms with Crippen LogP contribution in [-0.2, 0) is 9.59 Å². The summed E-state index contributed by atoms with van der Waals surface area (Å²) in [7, 11) is 0. The van der Waals surface area contributed by atoms with Gasteiger partial charge >= 0.3 is 0 Å². The molecular formula is C17H17FN2O3. The molecule has 6 heteroatoms. The van der Waals surface area contributed by atoms with E-state index in [0.29, 0.717) is 11.4 Å². The lowest BCUT2D eigenvalue weighted by atomic mass is 10.3. The first-order chi connectivity index (χ1) is 11.1. The third kappa shape index (κ3) is 6.17. The SMILES string of the molecule is O=C(CCOc1ccccc1)NCC(=O)Nc1ccc(F)cc1. The normalized spacial score (nSPS) is 9.96. The molecule has 0 spiro atoms. The van der Waals surface area contributed by atoms with Gasteiger partial charge in [-0.1, -0.05) is 18.2 Å². The molecule has 120 valence electrons. The van der Waals surface area contributed by atoms with E-state index in [1.165, 1.54) is 24.3 Å². The van der Waals surface area contributed by atoms with Crippen molar-refractivity contribution in [3.8, 4) is 5.75 Å². The number of benzene rings is 2. The minimum absolute atomic E-state index is 0.151. The zero-order valence-corrected chi connectivity index (χ0v) is 12.4. The van der Waals surface area contributed by atoms with E-state index in [4.69, 9.17) is 4.74 Å². The molecule has 2 aromatic carbocycles. The number of nitrogens with one attached hydrogen (secondary N) is 2. The van der Waals surface area contributed by atoms with Crippen molar-refractivity contribution in [3.63, 3.8) is 0 Å². The minimum Gasteiger partial charge on any atom is -0.493 e. The van der Waals surface area contributed by atoms with Gasteiger partial charge in [0.15, 0.2) is 0 Å². The molecule has 0 saturated heterocycles. The molecular weight excluding hydrogens is 299 g/mol.